The van der Waals surface area contributed by atoms with Crippen LogP contribution in [0.3, 0.4) is 0 Å². The molecule has 0 amide bonds. The highest BCUT2D eigenvalue weighted by Crippen LogP contribution is 2.20. The molecule has 0 aromatic heterocycles. The van der Waals surface area contributed by atoms with Crippen LogP contribution in [0.25, 0.3) is 0 Å². The lowest BCUT2D eigenvalue weighted by Gasteiger charge is -2.42. The first-order chi connectivity index (χ1) is 9.31. The van der Waals surface area contributed by atoms with E-state index in [1.807, 2.05) is 0 Å². The Morgan fingerprint density at radius 3 is 2.55 bits per heavy atom. The summed E-state index contributed by atoms with van der Waals surface area (Å²) in [5.74, 6) is 0.137. The van der Waals surface area contributed by atoms with Crippen LogP contribution >= 0.6 is 15.9 Å². The van der Waals surface area contributed by atoms with Gasteiger partial charge in [0.05, 0.1) is 23.9 Å². The minimum atomic E-state index is -3.23. The van der Waals surface area contributed by atoms with Gasteiger partial charge in [-0.05, 0) is 38.1 Å². The SMILES string of the molecule is CC1(C)COCCN1CCS(=O)(=O)c1ccc(Br)cc1. The Morgan fingerprint density at radius 2 is 1.95 bits per heavy atom. The van der Waals surface area contributed by atoms with Gasteiger partial charge in [-0.1, -0.05) is 15.9 Å². The molecule has 1 aromatic carbocycles. The van der Waals surface area contributed by atoms with Crippen molar-refractivity contribution in [3.05, 3.63) is 28.7 Å². The summed E-state index contributed by atoms with van der Waals surface area (Å²) >= 11 is 3.31. The fraction of sp³-hybridized carbons (Fsp3) is 0.571. The van der Waals surface area contributed by atoms with E-state index in [0.717, 1.165) is 11.0 Å². The molecule has 0 atom stereocenters. The Hall–Kier alpha value is -0.430. The standard InChI is InChI=1S/C14H20BrNO3S/c1-14(2)11-19-9-7-16(14)8-10-20(17,18)13-5-3-12(15)4-6-13/h3-6H,7-11H2,1-2H3. The predicted octanol–water partition coefficient (Wildman–Crippen LogP) is 2.33. The van der Waals surface area contributed by atoms with Crippen LogP contribution in [0.15, 0.2) is 33.6 Å². The number of hydrogen-bond acceptors (Lipinski definition) is 4. The number of benzene rings is 1. The zero-order chi connectivity index (χ0) is 14.8. The average molecular weight is 362 g/mol. The summed E-state index contributed by atoms with van der Waals surface area (Å²) in [6.45, 7) is 6.79. The Balaban J connectivity index is 2.04. The third kappa shape index (κ3) is 3.81. The second kappa shape index (κ2) is 6.13. The summed E-state index contributed by atoms with van der Waals surface area (Å²) in [7, 11) is -3.23. The summed E-state index contributed by atoms with van der Waals surface area (Å²) < 4.78 is 31.0. The van der Waals surface area contributed by atoms with Crippen LogP contribution in [0.4, 0.5) is 0 Å². The zero-order valence-electron chi connectivity index (χ0n) is 11.8. The van der Waals surface area contributed by atoms with E-state index >= 15 is 0 Å². The number of morpholine rings is 1. The maximum atomic E-state index is 12.3. The van der Waals surface area contributed by atoms with E-state index in [0.29, 0.717) is 24.7 Å². The van der Waals surface area contributed by atoms with Crippen LogP contribution in [0.2, 0.25) is 0 Å². The van der Waals surface area contributed by atoms with Crippen molar-refractivity contribution < 1.29 is 13.2 Å². The summed E-state index contributed by atoms with van der Waals surface area (Å²) in [6, 6.07) is 6.80. The molecule has 0 aliphatic carbocycles. The van der Waals surface area contributed by atoms with E-state index in [4.69, 9.17) is 4.74 Å². The first kappa shape index (κ1) is 15.9. The number of rotatable bonds is 4. The number of sulfone groups is 1. The summed E-state index contributed by atoms with van der Waals surface area (Å²) in [5.41, 5.74) is -0.104. The molecule has 0 saturated carbocycles. The molecular formula is C14H20BrNO3S. The van der Waals surface area contributed by atoms with Crippen molar-refractivity contribution in [3.63, 3.8) is 0 Å². The lowest BCUT2D eigenvalue weighted by molar-refractivity contribution is -0.0477. The second-order valence-electron chi connectivity index (χ2n) is 5.62. The minimum Gasteiger partial charge on any atom is -0.378 e. The fourth-order valence-corrected chi connectivity index (χ4v) is 3.81. The molecule has 20 heavy (non-hydrogen) atoms. The predicted molar refractivity (Wildman–Crippen MR) is 82.7 cm³/mol. The first-order valence-corrected chi connectivity index (χ1v) is 9.07. The van der Waals surface area contributed by atoms with Gasteiger partial charge in [0.25, 0.3) is 0 Å². The Kier molecular flexibility index (Phi) is 4.89. The van der Waals surface area contributed by atoms with Crippen LogP contribution in [-0.2, 0) is 14.6 Å². The lowest BCUT2D eigenvalue weighted by Crippen LogP contribution is -2.54. The van der Waals surface area contributed by atoms with Gasteiger partial charge in [-0.25, -0.2) is 8.42 Å². The molecule has 1 fully saturated rings. The van der Waals surface area contributed by atoms with Crippen LogP contribution in [-0.4, -0.2) is 50.9 Å². The highest BCUT2D eigenvalue weighted by atomic mass is 79.9. The molecule has 1 heterocycles. The molecule has 0 radical (unpaired) electrons. The molecule has 1 saturated heterocycles. The largest absolute Gasteiger partial charge is 0.378 e. The second-order valence-corrected chi connectivity index (χ2v) is 8.65. The van der Waals surface area contributed by atoms with Crippen LogP contribution in [0.5, 0.6) is 0 Å². The molecule has 1 aliphatic heterocycles. The first-order valence-electron chi connectivity index (χ1n) is 6.62. The fourth-order valence-electron chi connectivity index (χ4n) is 2.30. The van der Waals surface area contributed by atoms with E-state index in [-0.39, 0.29) is 11.3 Å². The van der Waals surface area contributed by atoms with Crippen molar-refractivity contribution in [2.24, 2.45) is 0 Å². The number of nitrogens with zero attached hydrogens (tertiary/aromatic N) is 1. The van der Waals surface area contributed by atoms with Crippen molar-refractivity contribution in [1.82, 2.24) is 4.90 Å². The van der Waals surface area contributed by atoms with Gasteiger partial charge in [0.2, 0.25) is 0 Å². The average Bonchev–Trinajstić information content (AvgIpc) is 2.37. The van der Waals surface area contributed by atoms with Crippen LogP contribution in [0, 0.1) is 0 Å². The van der Waals surface area contributed by atoms with Crippen molar-refractivity contribution in [3.8, 4) is 0 Å². The number of halogens is 1. The maximum Gasteiger partial charge on any atom is 0.179 e. The third-order valence-electron chi connectivity index (χ3n) is 3.62. The van der Waals surface area contributed by atoms with Gasteiger partial charge >= 0.3 is 0 Å². The Bertz CT molecular complexity index is 554. The minimum absolute atomic E-state index is 0.104. The van der Waals surface area contributed by atoms with Crippen molar-refractivity contribution in [1.29, 1.82) is 0 Å². The Labute approximate surface area is 129 Å². The highest BCUT2D eigenvalue weighted by Gasteiger charge is 2.31. The van der Waals surface area contributed by atoms with Gasteiger partial charge in [-0.3, -0.25) is 4.90 Å². The molecule has 0 unspecified atom stereocenters. The van der Waals surface area contributed by atoms with Gasteiger partial charge in [-0.2, -0.15) is 0 Å². The molecule has 4 nitrogen and oxygen atoms in total. The highest BCUT2D eigenvalue weighted by molar-refractivity contribution is 9.10. The van der Waals surface area contributed by atoms with Crippen molar-refractivity contribution in [2.75, 3.05) is 32.1 Å². The van der Waals surface area contributed by atoms with E-state index in [1.165, 1.54) is 0 Å². The van der Waals surface area contributed by atoms with Crippen LogP contribution in [0.1, 0.15) is 13.8 Å². The molecule has 112 valence electrons. The summed E-state index contributed by atoms with van der Waals surface area (Å²) in [6.07, 6.45) is 0. The molecule has 0 bridgehead atoms. The summed E-state index contributed by atoms with van der Waals surface area (Å²) in [5, 5.41) is 0. The van der Waals surface area contributed by atoms with E-state index in [2.05, 4.69) is 34.7 Å². The van der Waals surface area contributed by atoms with E-state index in [9.17, 15) is 8.42 Å². The smallest absolute Gasteiger partial charge is 0.179 e. The molecule has 0 spiro atoms. The monoisotopic (exact) mass is 361 g/mol. The lowest BCUT2D eigenvalue weighted by atomic mass is 10.0. The zero-order valence-corrected chi connectivity index (χ0v) is 14.2. The molecule has 6 heteroatoms. The number of ether oxygens (including phenoxy) is 1. The van der Waals surface area contributed by atoms with Gasteiger partial charge < -0.3 is 4.74 Å². The molecule has 1 aromatic rings. The van der Waals surface area contributed by atoms with Gasteiger partial charge in [0.1, 0.15) is 0 Å². The molecule has 2 rings (SSSR count). The maximum absolute atomic E-state index is 12.3. The Morgan fingerprint density at radius 1 is 1.30 bits per heavy atom. The third-order valence-corrected chi connectivity index (χ3v) is 5.86. The molecule has 0 N–H and O–H groups in total. The van der Waals surface area contributed by atoms with Crippen LogP contribution < -0.4 is 0 Å². The molecule has 1 aliphatic rings. The summed E-state index contributed by atoms with van der Waals surface area (Å²) in [4.78, 5) is 2.57. The normalized spacial score (nSPS) is 19.9. The topological polar surface area (TPSA) is 46.6 Å². The van der Waals surface area contributed by atoms with E-state index in [1.54, 1.807) is 24.3 Å². The van der Waals surface area contributed by atoms with E-state index < -0.39 is 9.84 Å². The van der Waals surface area contributed by atoms with Gasteiger partial charge in [0.15, 0.2) is 9.84 Å². The quantitative estimate of drug-likeness (QED) is 0.825. The van der Waals surface area contributed by atoms with Gasteiger partial charge in [-0.15, -0.1) is 0 Å². The van der Waals surface area contributed by atoms with Gasteiger partial charge in [0, 0.05) is 23.1 Å². The molecular weight excluding hydrogens is 342 g/mol. The van der Waals surface area contributed by atoms with Crippen molar-refractivity contribution >= 4 is 25.8 Å². The number of hydrogen-bond donors (Lipinski definition) is 0. The van der Waals surface area contributed by atoms with Crippen molar-refractivity contribution in [2.45, 2.75) is 24.3 Å².